The normalized spacial score (nSPS) is 20.5. The molecule has 0 spiro atoms. The molecule has 1 aromatic carbocycles. The summed E-state index contributed by atoms with van der Waals surface area (Å²) in [5.74, 6) is -2.00. The Hall–Kier alpha value is -4.45. The van der Waals surface area contributed by atoms with Gasteiger partial charge in [-0.1, -0.05) is 6.92 Å². The molecule has 12 heteroatoms. The van der Waals surface area contributed by atoms with Crippen LogP contribution in [0.2, 0.25) is 0 Å². The van der Waals surface area contributed by atoms with Gasteiger partial charge in [0.05, 0.1) is 40.4 Å². The number of hydrogen-bond acceptors (Lipinski definition) is 7. The maximum Gasteiger partial charge on any atom is 0.254 e. The quantitative estimate of drug-likeness (QED) is 0.257. The van der Waals surface area contributed by atoms with Crippen molar-refractivity contribution in [2.24, 2.45) is 11.7 Å². The average molecular weight is 577 g/mol. The van der Waals surface area contributed by atoms with E-state index in [1.54, 1.807) is 38.5 Å². The predicted molar refractivity (Wildman–Crippen MR) is 155 cm³/mol. The van der Waals surface area contributed by atoms with E-state index in [4.69, 9.17) is 5.73 Å². The number of nitrogens with zero attached hydrogens (tertiary/aromatic N) is 4. The van der Waals surface area contributed by atoms with E-state index >= 15 is 4.39 Å². The van der Waals surface area contributed by atoms with Gasteiger partial charge in [-0.05, 0) is 74.4 Å². The molecular formula is C30H34F2N8O2. The average Bonchev–Trinajstić information content (AvgIpc) is 3.32. The number of carbonyl (C=O) groups is 2. The van der Waals surface area contributed by atoms with E-state index in [-0.39, 0.29) is 47.1 Å². The van der Waals surface area contributed by atoms with Gasteiger partial charge in [0, 0.05) is 31.2 Å². The van der Waals surface area contributed by atoms with Crippen LogP contribution in [0.15, 0.2) is 48.9 Å². The molecule has 0 bridgehead atoms. The highest BCUT2D eigenvalue weighted by Gasteiger charge is 2.35. The van der Waals surface area contributed by atoms with E-state index in [0.717, 1.165) is 24.1 Å². The van der Waals surface area contributed by atoms with Gasteiger partial charge in [-0.25, -0.2) is 13.8 Å². The molecule has 0 saturated heterocycles. The molecule has 2 amide bonds. The van der Waals surface area contributed by atoms with Gasteiger partial charge >= 0.3 is 0 Å². The highest BCUT2D eigenvalue weighted by Crippen LogP contribution is 2.39. The smallest absolute Gasteiger partial charge is 0.254 e. The van der Waals surface area contributed by atoms with Crippen molar-refractivity contribution in [3.8, 4) is 11.3 Å². The fourth-order valence-electron chi connectivity index (χ4n) is 5.72. The Bertz CT molecular complexity index is 1630. The van der Waals surface area contributed by atoms with Crippen molar-refractivity contribution < 1.29 is 18.4 Å². The molecule has 0 radical (unpaired) electrons. The minimum atomic E-state index is -0.996. The van der Waals surface area contributed by atoms with Gasteiger partial charge in [0.25, 0.3) is 5.91 Å². The standard InChI is InChI=1S/C30H34F2N8O2/c1-15(2)36-29(42)21-6-7-22(31)26(27(21)32)24-8-5-19-13-35-30(40(19)39-24)38-25-14-34-10-9-20(25)18-11-16(3)28(23(33)12-18)37-17(4)41/h5-10,13-16,18,23,28H,11-12,33H2,1-4H3,(H,35,38)(H,36,42)(H,37,41)/t16-,18+,23+,28-/m0/s1. The maximum absolute atomic E-state index is 15.5. The SMILES string of the molecule is CC(=O)N[C@@H]1[C@H](N)C[C@H](c2ccncc2Nc2ncc3ccc(-c4c(F)ccc(C(=O)NC(C)C)c4F)nn23)C[C@@H]1C. The van der Waals surface area contributed by atoms with Crippen molar-refractivity contribution in [2.75, 3.05) is 5.32 Å². The first kappa shape index (κ1) is 29.1. The number of nitrogens with two attached hydrogens (primary N) is 1. The molecule has 1 saturated carbocycles. The minimum Gasteiger partial charge on any atom is -0.352 e. The lowest BCUT2D eigenvalue weighted by atomic mass is 9.73. The lowest BCUT2D eigenvalue weighted by Gasteiger charge is -2.39. The fraction of sp³-hybridized carbons (Fsp3) is 0.367. The zero-order chi connectivity index (χ0) is 30.1. The summed E-state index contributed by atoms with van der Waals surface area (Å²) in [6, 6.07) is 6.69. The van der Waals surface area contributed by atoms with Gasteiger partial charge < -0.3 is 21.7 Å². The summed E-state index contributed by atoms with van der Waals surface area (Å²) in [7, 11) is 0. The van der Waals surface area contributed by atoms with Crippen molar-refractivity contribution in [1.82, 2.24) is 30.2 Å². The van der Waals surface area contributed by atoms with Crippen molar-refractivity contribution in [3.63, 3.8) is 0 Å². The topological polar surface area (TPSA) is 139 Å². The van der Waals surface area contributed by atoms with E-state index in [2.05, 4.69) is 37.9 Å². The summed E-state index contributed by atoms with van der Waals surface area (Å²) in [4.78, 5) is 32.9. The second-order valence-corrected chi connectivity index (χ2v) is 11.2. The lowest BCUT2D eigenvalue weighted by Crippen LogP contribution is -2.54. The summed E-state index contributed by atoms with van der Waals surface area (Å²) in [5.41, 5.74) is 8.09. The van der Waals surface area contributed by atoms with E-state index in [1.807, 2.05) is 6.07 Å². The number of amides is 2. The highest BCUT2D eigenvalue weighted by atomic mass is 19.1. The molecule has 0 aliphatic heterocycles. The number of benzene rings is 1. The first-order chi connectivity index (χ1) is 20.0. The molecule has 5 rings (SSSR count). The van der Waals surface area contributed by atoms with Crippen LogP contribution in [-0.4, -0.2) is 49.5 Å². The van der Waals surface area contributed by atoms with Crippen LogP contribution in [0, 0.1) is 17.6 Å². The summed E-state index contributed by atoms with van der Waals surface area (Å²) in [5, 5.41) is 13.4. The molecule has 4 atom stereocenters. The van der Waals surface area contributed by atoms with Crippen LogP contribution in [0.3, 0.4) is 0 Å². The third kappa shape index (κ3) is 5.80. The molecule has 4 aromatic rings. The number of anilines is 2. The van der Waals surface area contributed by atoms with Crippen LogP contribution >= 0.6 is 0 Å². The zero-order valence-corrected chi connectivity index (χ0v) is 23.9. The Kier molecular flexibility index (Phi) is 8.17. The van der Waals surface area contributed by atoms with Gasteiger partial charge in [-0.15, -0.1) is 0 Å². The highest BCUT2D eigenvalue weighted by molar-refractivity contribution is 5.96. The first-order valence-electron chi connectivity index (χ1n) is 13.9. The molecule has 1 aliphatic carbocycles. The predicted octanol–water partition coefficient (Wildman–Crippen LogP) is 4.30. The maximum atomic E-state index is 15.5. The Labute approximate surface area is 242 Å². The molecule has 10 nitrogen and oxygen atoms in total. The van der Waals surface area contributed by atoms with Crippen LogP contribution in [0.1, 0.15) is 62.4 Å². The number of rotatable bonds is 7. The van der Waals surface area contributed by atoms with Gasteiger partial charge in [-0.3, -0.25) is 14.6 Å². The number of hydrogen-bond donors (Lipinski definition) is 4. The molecular weight excluding hydrogens is 542 g/mol. The number of fused-ring (bicyclic) bond motifs is 1. The summed E-state index contributed by atoms with van der Waals surface area (Å²) < 4.78 is 31.9. The Morgan fingerprint density at radius 3 is 2.60 bits per heavy atom. The van der Waals surface area contributed by atoms with Gasteiger partial charge in [0.1, 0.15) is 11.6 Å². The van der Waals surface area contributed by atoms with Crippen molar-refractivity contribution >= 4 is 29.0 Å². The van der Waals surface area contributed by atoms with Gasteiger partial charge in [0.15, 0.2) is 0 Å². The largest absolute Gasteiger partial charge is 0.352 e. The zero-order valence-electron chi connectivity index (χ0n) is 23.9. The Balaban J connectivity index is 1.47. The summed E-state index contributed by atoms with van der Waals surface area (Å²) in [6.45, 7) is 7.08. The molecule has 42 heavy (non-hydrogen) atoms. The third-order valence-electron chi connectivity index (χ3n) is 7.59. The van der Waals surface area contributed by atoms with E-state index in [0.29, 0.717) is 23.6 Å². The first-order valence-corrected chi connectivity index (χ1v) is 13.9. The lowest BCUT2D eigenvalue weighted by molar-refractivity contribution is -0.120. The van der Waals surface area contributed by atoms with Crippen molar-refractivity contribution in [1.29, 1.82) is 0 Å². The number of carbonyl (C=O) groups excluding carboxylic acids is 2. The van der Waals surface area contributed by atoms with Crippen LogP contribution in [0.25, 0.3) is 16.8 Å². The van der Waals surface area contributed by atoms with Crippen LogP contribution < -0.4 is 21.7 Å². The molecule has 0 unspecified atom stereocenters. The number of nitrogens with one attached hydrogen (secondary N) is 3. The molecule has 1 aliphatic rings. The van der Waals surface area contributed by atoms with E-state index in [9.17, 15) is 14.0 Å². The third-order valence-corrected chi connectivity index (χ3v) is 7.59. The van der Waals surface area contributed by atoms with Crippen molar-refractivity contribution in [3.05, 3.63) is 71.7 Å². The number of pyridine rings is 1. The Morgan fingerprint density at radius 1 is 1.10 bits per heavy atom. The molecule has 220 valence electrons. The van der Waals surface area contributed by atoms with E-state index in [1.165, 1.54) is 17.5 Å². The number of aromatic nitrogens is 4. The van der Waals surface area contributed by atoms with Gasteiger partial charge in [-0.2, -0.15) is 9.61 Å². The number of imidazole rings is 1. The minimum absolute atomic E-state index is 0.000231. The molecule has 5 N–H and O–H groups in total. The second-order valence-electron chi connectivity index (χ2n) is 11.2. The summed E-state index contributed by atoms with van der Waals surface area (Å²) in [6.07, 6.45) is 6.46. The monoisotopic (exact) mass is 576 g/mol. The Morgan fingerprint density at radius 2 is 1.88 bits per heavy atom. The number of halogens is 2. The second kappa shape index (κ2) is 11.8. The van der Waals surface area contributed by atoms with Gasteiger partial charge in [0.2, 0.25) is 11.9 Å². The van der Waals surface area contributed by atoms with Crippen molar-refractivity contribution in [2.45, 2.75) is 64.6 Å². The fourth-order valence-corrected chi connectivity index (χ4v) is 5.72. The van der Waals surface area contributed by atoms with Crippen LogP contribution in [0.5, 0.6) is 0 Å². The molecule has 3 aromatic heterocycles. The molecule has 3 heterocycles. The van der Waals surface area contributed by atoms with Crippen LogP contribution in [-0.2, 0) is 4.79 Å². The molecule has 1 fully saturated rings. The summed E-state index contributed by atoms with van der Waals surface area (Å²) >= 11 is 0. The van der Waals surface area contributed by atoms with E-state index < -0.39 is 23.1 Å². The van der Waals surface area contributed by atoms with Crippen LogP contribution in [0.4, 0.5) is 20.4 Å².